The van der Waals surface area contributed by atoms with Crippen LogP contribution in [0.3, 0.4) is 0 Å². The van der Waals surface area contributed by atoms with Crippen LogP contribution in [-0.2, 0) is 20.9 Å². The molecular formula is C11H13NO3. The Morgan fingerprint density at radius 2 is 2.33 bits per heavy atom. The van der Waals surface area contributed by atoms with Gasteiger partial charge >= 0.3 is 0 Å². The second-order valence-electron chi connectivity index (χ2n) is 3.01. The van der Waals surface area contributed by atoms with Crippen molar-refractivity contribution in [2.45, 2.75) is 20.0 Å². The van der Waals surface area contributed by atoms with Crippen molar-refractivity contribution in [2.75, 3.05) is 5.32 Å². The number of ether oxygens (including phenoxy) is 1. The molecule has 0 fully saturated rings. The van der Waals surface area contributed by atoms with Crippen LogP contribution in [0.5, 0.6) is 0 Å². The Hall–Kier alpha value is -1.84. The summed E-state index contributed by atoms with van der Waals surface area (Å²) in [5.41, 5.74) is 1.56. The van der Waals surface area contributed by atoms with E-state index >= 15 is 0 Å². The highest BCUT2D eigenvalue weighted by Gasteiger charge is 1.99. The summed E-state index contributed by atoms with van der Waals surface area (Å²) in [6.07, 6.45) is 0.440. The van der Waals surface area contributed by atoms with Gasteiger partial charge in [0.05, 0.1) is 0 Å². The van der Waals surface area contributed by atoms with Crippen LogP contribution in [0.25, 0.3) is 0 Å². The Balaban J connectivity index is 2.65. The number of carbonyl (C=O) groups excluding carboxylic acids is 2. The standard InChI is InChI=1S/C11H13NO3/c1-2-11(14)12-10-5-3-4-9(6-10)7-15-8-13/h3-6,8H,2,7H2,1H3,(H,12,14). The normalized spacial score (nSPS) is 9.40. The minimum Gasteiger partial charge on any atom is -0.463 e. The summed E-state index contributed by atoms with van der Waals surface area (Å²) < 4.78 is 4.61. The zero-order valence-electron chi connectivity index (χ0n) is 8.53. The minimum absolute atomic E-state index is 0.0385. The van der Waals surface area contributed by atoms with Gasteiger partial charge in [0.2, 0.25) is 5.91 Å². The van der Waals surface area contributed by atoms with Crippen molar-refractivity contribution in [3.8, 4) is 0 Å². The monoisotopic (exact) mass is 207 g/mol. The van der Waals surface area contributed by atoms with Gasteiger partial charge in [-0.2, -0.15) is 0 Å². The summed E-state index contributed by atoms with van der Waals surface area (Å²) in [5.74, 6) is -0.0385. The van der Waals surface area contributed by atoms with Gasteiger partial charge in [0.15, 0.2) is 0 Å². The van der Waals surface area contributed by atoms with Crippen molar-refractivity contribution in [1.82, 2.24) is 0 Å². The first-order chi connectivity index (χ1) is 7.26. The molecule has 0 unspecified atom stereocenters. The van der Waals surface area contributed by atoms with Crippen LogP contribution in [0.2, 0.25) is 0 Å². The molecule has 4 nitrogen and oxygen atoms in total. The lowest BCUT2D eigenvalue weighted by Gasteiger charge is -2.05. The van der Waals surface area contributed by atoms with Crippen molar-refractivity contribution in [3.63, 3.8) is 0 Å². The lowest BCUT2D eigenvalue weighted by molar-refractivity contribution is -0.129. The van der Waals surface area contributed by atoms with Gasteiger partial charge in [-0.05, 0) is 17.7 Å². The number of carbonyl (C=O) groups is 2. The van der Waals surface area contributed by atoms with Crippen molar-refractivity contribution in [3.05, 3.63) is 29.8 Å². The number of hydrogen-bond acceptors (Lipinski definition) is 3. The molecule has 1 amide bonds. The van der Waals surface area contributed by atoms with Crippen molar-refractivity contribution >= 4 is 18.1 Å². The molecule has 0 bridgehead atoms. The summed E-state index contributed by atoms with van der Waals surface area (Å²) in [7, 11) is 0. The predicted octanol–water partition coefficient (Wildman–Crippen LogP) is 1.71. The third-order valence-electron chi connectivity index (χ3n) is 1.85. The molecule has 0 saturated heterocycles. The molecule has 0 saturated carbocycles. The number of nitrogens with one attached hydrogen (secondary N) is 1. The number of benzene rings is 1. The third-order valence-corrected chi connectivity index (χ3v) is 1.85. The Kier molecular flexibility index (Phi) is 4.34. The van der Waals surface area contributed by atoms with Crippen LogP contribution >= 0.6 is 0 Å². The van der Waals surface area contributed by atoms with Crippen LogP contribution in [0, 0.1) is 0 Å². The summed E-state index contributed by atoms with van der Waals surface area (Å²) in [4.78, 5) is 21.1. The van der Waals surface area contributed by atoms with Gasteiger partial charge in [-0.1, -0.05) is 19.1 Å². The fourth-order valence-corrected chi connectivity index (χ4v) is 1.12. The molecule has 15 heavy (non-hydrogen) atoms. The largest absolute Gasteiger partial charge is 0.463 e. The first-order valence-electron chi connectivity index (χ1n) is 4.70. The molecule has 0 aliphatic carbocycles. The number of rotatable bonds is 5. The zero-order chi connectivity index (χ0) is 11.1. The quantitative estimate of drug-likeness (QED) is 0.748. The Morgan fingerprint density at radius 3 is 3.00 bits per heavy atom. The Labute approximate surface area is 88.2 Å². The topological polar surface area (TPSA) is 55.4 Å². The molecule has 80 valence electrons. The second-order valence-corrected chi connectivity index (χ2v) is 3.01. The molecule has 0 aliphatic rings. The number of hydrogen-bond donors (Lipinski definition) is 1. The van der Waals surface area contributed by atoms with E-state index < -0.39 is 0 Å². The van der Waals surface area contributed by atoms with E-state index in [9.17, 15) is 9.59 Å². The predicted molar refractivity (Wildman–Crippen MR) is 56.2 cm³/mol. The van der Waals surface area contributed by atoms with Gasteiger partial charge in [0, 0.05) is 12.1 Å². The van der Waals surface area contributed by atoms with Gasteiger partial charge in [-0.3, -0.25) is 9.59 Å². The molecule has 1 rings (SSSR count). The smallest absolute Gasteiger partial charge is 0.293 e. The molecule has 0 spiro atoms. The fourth-order valence-electron chi connectivity index (χ4n) is 1.12. The first-order valence-corrected chi connectivity index (χ1v) is 4.70. The summed E-state index contributed by atoms with van der Waals surface area (Å²) in [6.45, 7) is 2.41. The average molecular weight is 207 g/mol. The summed E-state index contributed by atoms with van der Waals surface area (Å²) >= 11 is 0. The van der Waals surface area contributed by atoms with E-state index in [1.165, 1.54) is 0 Å². The van der Waals surface area contributed by atoms with E-state index in [4.69, 9.17) is 0 Å². The average Bonchev–Trinajstić information content (AvgIpc) is 2.26. The highest BCUT2D eigenvalue weighted by atomic mass is 16.5. The van der Waals surface area contributed by atoms with E-state index in [0.29, 0.717) is 18.6 Å². The molecule has 1 aromatic carbocycles. The molecule has 1 aromatic rings. The van der Waals surface area contributed by atoms with E-state index in [0.717, 1.165) is 5.56 Å². The van der Waals surface area contributed by atoms with Crippen LogP contribution in [0.1, 0.15) is 18.9 Å². The number of anilines is 1. The molecule has 0 heterocycles. The van der Waals surface area contributed by atoms with Gasteiger partial charge in [0.25, 0.3) is 6.47 Å². The van der Waals surface area contributed by atoms with Crippen LogP contribution < -0.4 is 5.32 Å². The Morgan fingerprint density at radius 1 is 1.53 bits per heavy atom. The van der Waals surface area contributed by atoms with Crippen LogP contribution in [-0.4, -0.2) is 12.4 Å². The van der Waals surface area contributed by atoms with Gasteiger partial charge < -0.3 is 10.1 Å². The molecule has 0 atom stereocenters. The van der Waals surface area contributed by atoms with Gasteiger partial charge in [-0.15, -0.1) is 0 Å². The molecule has 1 N–H and O–H groups in total. The maximum absolute atomic E-state index is 11.1. The molecule has 0 aliphatic heterocycles. The molecular weight excluding hydrogens is 194 g/mol. The van der Waals surface area contributed by atoms with Crippen molar-refractivity contribution in [2.24, 2.45) is 0 Å². The summed E-state index contributed by atoms with van der Waals surface area (Å²) in [6, 6.07) is 7.19. The van der Waals surface area contributed by atoms with Crippen molar-refractivity contribution in [1.29, 1.82) is 0 Å². The maximum atomic E-state index is 11.1. The van der Waals surface area contributed by atoms with Gasteiger partial charge in [0.1, 0.15) is 6.61 Å². The lowest BCUT2D eigenvalue weighted by Crippen LogP contribution is -2.09. The highest BCUT2D eigenvalue weighted by molar-refractivity contribution is 5.90. The second kappa shape index (κ2) is 5.80. The molecule has 4 heteroatoms. The maximum Gasteiger partial charge on any atom is 0.293 e. The van der Waals surface area contributed by atoms with E-state index in [1.54, 1.807) is 25.1 Å². The van der Waals surface area contributed by atoms with Crippen molar-refractivity contribution < 1.29 is 14.3 Å². The first kappa shape index (κ1) is 11.2. The third kappa shape index (κ3) is 3.81. The highest BCUT2D eigenvalue weighted by Crippen LogP contribution is 2.11. The van der Waals surface area contributed by atoms with Crippen LogP contribution in [0.15, 0.2) is 24.3 Å². The molecule has 0 aromatic heterocycles. The van der Waals surface area contributed by atoms with Crippen LogP contribution in [0.4, 0.5) is 5.69 Å². The van der Waals surface area contributed by atoms with E-state index in [1.807, 2.05) is 6.07 Å². The molecule has 0 radical (unpaired) electrons. The lowest BCUT2D eigenvalue weighted by atomic mass is 10.2. The summed E-state index contributed by atoms with van der Waals surface area (Å²) in [5, 5.41) is 2.73. The minimum atomic E-state index is -0.0385. The van der Waals surface area contributed by atoms with E-state index in [-0.39, 0.29) is 12.5 Å². The number of amides is 1. The Bertz CT molecular complexity index is 349. The SMILES string of the molecule is CCC(=O)Nc1cccc(COC=O)c1. The fraction of sp³-hybridized carbons (Fsp3) is 0.273. The zero-order valence-corrected chi connectivity index (χ0v) is 8.53. The van der Waals surface area contributed by atoms with E-state index in [2.05, 4.69) is 10.1 Å². The van der Waals surface area contributed by atoms with Gasteiger partial charge in [-0.25, -0.2) is 0 Å².